The number of unbranched alkanes of at least 4 members (excludes halogenated alkanes) is 1. The smallest absolute Gasteiger partial charge is 0.214 e. The summed E-state index contributed by atoms with van der Waals surface area (Å²) in [5.41, 5.74) is 5.15. The Kier molecular flexibility index (Phi) is 6.81. The minimum Gasteiger partial charge on any atom is -0.493 e. The standard InChI is InChI=1S/C28H28Cl2N2O3/c1-4-5-12-34-25-11-10-19(13-26(25)33-3)28-32-24(21-14-20(29)15-22(30)27(21)35-28)16-23(31-32)18-8-6-17(2)7-9-18/h6-11,13-15,24,28H,4-5,12,16H2,1-3H3. The summed E-state index contributed by atoms with van der Waals surface area (Å²) in [5.74, 6) is 2.02. The molecule has 2 aliphatic rings. The van der Waals surface area contributed by atoms with Crippen molar-refractivity contribution in [3.05, 3.63) is 86.9 Å². The summed E-state index contributed by atoms with van der Waals surface area (Å²) < 4.78 is 18.1. The van der Waals surface area contributed by atoms with Crippen molar-refractivity contribution in [1.82, 2.24) is 5.01 Å². The summed E-state index contributed by atoms with van der Waals surface area (Å²) in [6.45, 7) is 4.86. The van der Waals surface area contributed by atoms with Crippen molar-refractivity contribution in [3.63, 3.8) is 0 Å². The summed E-state index contributed by atoms with van der Waals surface area (Å²) in [7, 11) is 1.65. The lowest BCUT2D eigenvalue weighted by Gasteiger charge is -2.38. The lowest BCUT2D eigenvalue weighted by atomic mass is 9.95. The SMILES string of the molecule is CCCCOc1ccc(C2Oc3c(Cl)cc(Cl)cc3C3CC(c4ccc(C)cc4)=NN32)cc1OC. The number of benzene rings is 3. The molecule has 0 aromatic heterocycles. The zero-order valence-corrected chi connectivity index (χ0v) is 21.6. The number of hydrazone groups is 1. The molecule has 7 heteroatoms. The predicted octanol–water partition coefficient (Wildman–Crippen LogP) is 7.73. The number of aryl methyl sites for hydroxylation is 1. The van der Waals surface area contributed by atoms with Crippen LogP contribution in [0.5, 0.6) is 17.2 Å². The second-order valence-electron chi connectivity index (χ2n) is 8.90. The van der Waals surface area contributed by atoms with Crippen molar-refractivity contribution in [3.8, 4) is 17.2 Å². The van der Waals surface area contributed by atoms with Gasteiger partial charge < -0.3 is 14.2 Å². The Morgan fingerprint density at radius 1 is 1.06 bits per heavy atom. The maximum atomic E-state index is 6.61. The Morgan fingerprint density at radius 3 is 2.60 bits per heavy atom. The van der Waals surface area contributed by atoms with E-state index in [4.69, 9.17) is 42.5 Å². The molecular formula is C28H28Cl2N2O3. The molecular weight excluding hydrogens is 483 g/mol. The molecule has 3 aromatic rings. The van der Waals surface area contributed by atoms with E-state index in [1.54, 1.807) is 13.2 Å². The molecule has 0 N–H and O–H groups in total. The monoisotopic (exact) mass is 510 g/mol. The second kappa shape index (κ2) is 10.00. The van der Waals surface area contributed by atoms with Crippen LogP contribution in [0.25, 0.3) is 0 Å². The molecule has 0 saturated heterocycles. The van der Waals surface area contributed by atoms with E-state index in [9.17, 15) is 0 Å². The van der Waals surface area contributed by atoms with Gasteiger partial charge in [0.05, 0.1) is 30.5 Å². The van der Waals surface area contributed by atoms with Crippen LogP contribution in [0, 0.1) is 6.92 Å². The van der Waals surface area contributed by atoms with Crippen LogP contribution in [0.2, 0.25) is 10.0 Å². The van der Waals surface area contributed by atoms with Gasteiger partial charge in [-0.15, -0.1) is 0 Å². The third kappa shape index (κ3) is 4.67. The highest BCUT2D eigenvalue weighted by Gasteiger charge is 2.42. The number of hydrogen-bond donors (Lipinski definition) is 0. The summed E-state index contributed by atoms with van der Waals surface area (Å²) in [6, 6.07) is 17.9. The van der Waals surface area contributed by atoms with Crippen LogP contribution in [0.15, 0.2) is 59.7 Å². The van der Waals surface area contributed by atoms with Crippen LogP contribution < -0.4 is 14.2 Å². The third-order valence-electron chi connectivity index (χ3n) is 6.42. The topological polar surface area (TPSA) is 43.3 Å². The Labute approximate surface area is 216 Å². The fourth-order valence-corrected chi connectivity index (χ4v) is 5.09. The molecule has 2 unspecified atom stereocenters. The number of methoxy groups -OCH3 is 1. The van der Waals surface area contributed by atoms with Gasteiger partial charge in [0.1, 0.15) is 5.75 Å². The number of ether oxygens (including phenoxy) is 3. The average Bonchev–Trinajstić information content (AvgIpc) is 3.30. The first-order chi connectivity index (χ1) is 17.0. The molecule has 35 heavy (non-hydrogen) atoms. The van der Waals surface area contributed by atoms with Gasteiger partial charge in [0.2, 0.25) is 6.23 Å². The molecule has 0 amide bonds. The van der Waals surface area contributed by atoms with E-state index in [1.165, 1.54) is 5.56 Å². The molecule has 5 nitrogen and oxygen atoms in total. The Morgan fingerprint density at radius 2 is 1.86 bits per heavy atom. The molecule has 0 saturated carbocycles. The van der Waals surface area contributed by atoms with Gasteiger partial charge in [-0.3, -0.25) is 0 Å². The molecule has 0 fully saturated rings. The highest BCUT2D eigenvalue weighted by atomic mass is 35.5. The fraction of sp³-hybridized carbons (Fsp3) is 0.321. The summed E-state index contributed by atoms with van der Waals surface area (Å²) in [5, 5.41) is 8.11. The zero-order chi connectivity index (χ0) is 24.5. The van der Waals surface area contributed by atoms with Crippen LogP contribution in [-0.2, 0) is 0 Å². The van der Waals surface area contributed by atoms with Gasteiger partial charge >= 0.3 is 0 Å². The van der Waals surface area contributed by atoms with E-state index in [0.717, 1.165) is 41.7 Å². The van der Waals surface area contributed by atoms with Crippen molar-refractivity contribution in [2.45, 2.75) is 45.4 Å². The lowest BCUT2D eigenvalue weighted by molar-refractivity contribution is -0.0190. The van der Waals surface area contributed by atoms with Crippen molar-refractivity contribution >= 4 is 28.9 Å². The summed E-state index contributed by atoms with van der Waals surface area (Å²) in [6.07, 6.45) is 2.30. The van der Waals surface area contributed by atoms with Gasteiger partial charge in [0.15, 0.2) is 11.5 Å². The molecule has 3 aromatic carbocycles. The van der Waals surface area contributed by atoms with Gasteiger partial charge in [-0.1, -0.05) is 66.4 Å². The first-order valence-electron chi connectivity index (χ1n) is 11.9. The van der Waals surface area contributed by atoms with E-state index in [0.29, 0.717) is 33.9 Å². The minimum atomic E-state index is -0.479. The Balaban J connectivity index is 1.55. The lowest BCUT2D eigenvalue weighted by Crippen LogP contribution is -2.33. The third-order valence-corrected chi connectivity index (χ3v) is 6.92. The van der Waals surface area contributed by atoms with Crippen LogP contribution in [0.1, 0.15) is 60.7 Å². The maximum absolute atomic E-state index is 6.61. The van der Waals surface area contributed by atoms with E-state index >= 15 is 0 Å². The number of nitrogens with zero attached hydrogens (tertiary/aromatic N) is 2. The summed E-state index contributed by atoms with van der Waals surface area (Å²) in [4.78, 5) is 0. The van der Waals surface area contributed by atoms with Crippen LogP contribution >= 0.6 is 23.2 Å². The van der Waals surface area contributed by atoms with Crippen LogP contribution in [0.4, 0.5) is 0 Å². The molecule has 2 atom stereocenters. The van der Waals surface area contributed by atoms with Crippen molar-refractivity contribution in [1.29, 1.82) is 0 Å². The minimum absolute atomic E-state index is 0.0530. The Bertz CT molecular complexity index is 1260. The highest BCUT2D eigenvalue weighted by Crippen LogP contribution is 2.51. The first kappa shape index (κ1) is 23.8. The number of fused-ring (bicyclic) bond motifs is 3. The van der Waals surface area contributed by atoms with Gasteiger partial charge in [-0.2, -0.15) is 5.10 Å². The van der Waals surface area contributed by atoms with Gasteiger partial charge in [0.25, 0.3) is 0 Å². The predicted molar refractivity (Wildman–Crippen MR) is 140 cm³/mol. The molecule has 0 radical (unpaired) electrons. The average molecular weight is 511 g/mol. The number of rotatable bonds is 7. The van der Waals surface area contributed by atoms with Gasteiger partial charge in [0, 0.05) is 22.6 Å². The van der Waals surface area contributed by atoms with Crippen molar-refractivity contribution in [2.24, 2.45) is 5.10 Å². The number of halogens is 2. The quantitative estimate of drug-likeness (QED) is 0.305. The van der Waals surface area contributed by atoms with Crippen LogP contribution in [-0.4, -0.2) is 24.4 Å². The van der Waals surface area contributed by atoms with Gasteiger partial charge in [-0.25, -0.2) is 5.01 Å². The van der Waals surface area contributed by atoms with Crippen molar-refractivity contribution < 1.29 is 14.2 Å². The molecule has 0 aliphatic carbocycles. The summed E-state index contributed by atoms with van der Waals surface area (Å²) >= 11 is 13.0. The molecule has 0 spiro atoms. The molecule has 0 bridgehead atoms. The maximum Gasteiger partial charge on any atom is 0.214 e. The van der Waals surface area contributed by atoms with Crippen LogP contribution in [0.3, 0.4) is 0 Å². The molecule has 2 aliphatic heterocycles. The van der Waals surface area contributed by atoms with Crippen molar-refractivity contribution in [2.75, 3.05) is 13.7 Å². The Hall–Kier alpha value is -2.89. The van der Waals surface area contributed by atoms with Gasteiger partial charge in [-0.05, 0) is 49.2 Å². The molecule has 182 valence electrons. The first-order valence-corrected chi connectivity index (χ1v) is 12.6. The largest absolute Gasteiger partial charge is 0.493 e. The van der Waals surface area contributed by atoms with E-state index in [-0.39, 0.29) is 6.04 Å². The van der Waals surface area contributed by atoms with E-state index in [2.05, 4.69) is 38.1 Å². The molecule has 5 rings (SSSR count). The fourth-order valence-electron chi connectivity index (χ4n) is 4.54. The second-order valence-corrected chi connectivity index (χ2v) is 9.74. The van der Waals surface area contributed by atoms with E-state index < -0.39 is 6.23 Å². The zero-order valence-electron chi connectivity index (χ0n) is 20.1. The number of hydrogen-bond acceptors (Lipinski definition) is 5. The highest BCUT2D eigenvalue weighted by molar-refractivity contribution is 6.35. The normalized spacial score (nSPS) is 18.4. The van der Waals surface area contributed by atoms with E-state index in [1.807, 2.05) is 29.3 Å². The molecule has 2 heterocycles.